The first-order valence-corrected chi connectivity index (χ1v) is 11.6. The maximum absolute atomic E-state index is 13.8. The Balaban J connectivity index is 1.53. The quantitative estimate of drug-likeness (QED) is 0.711. The van der Waals surface area contributed by atoms with Crippen molar-refractivity contribution in [2.24, 2.45) is 0 Å². The van der Waals surface area contributed by atoms with E-state index >= 15 is 0 Å². The molecule has 1 amide bonds. The van der Waals surface area contributed by atoms with Gasteiger partial charge in [-0.15, -0.1) is 0 Å². The van der Waals surface area contributed by atoms with Crippen LogP contribution in [0.5, 0.6) is 0 Å². The molecule has 150 valence electrons. The number of carbonyl (C=O) groups is 1. The zero-order chi connectivity index (χ0) is 20.3. The number of aryl methyl sites for hydroxylation is 1. The molecule has 0 spiro atoms. The third kappa shape index (κ3) is 5.07. The van der Waals surface area contributed by atoms with E-state index in [-0.39, 0.29) is 11.6 Å². The minimum absolute atomic E-state index is 0.0241. The average molecular weight is 450 g/mol. The van der Waals surface area contributed by atoms with Crippen molar-refractivity contribution >= 4 is 32.1 Å². The van der Waals surface area contributed by atoms with E-state index < -0.39 is 33.3 Å². The van der Waals surface area contributed by atoms with E-state index in [0.29, 0.717) is 4.71 Å². The molecule has 1 fully saturated rings. The topological polar surface area (TPSA) is 58.1 Å². The molecule has 0 radical (unpaired) electrons. The zero-order valence-electron chi connectivity index (χ0n) is 16.3. The second kappa shape index (κ2) is 8.99. The number of hydrogen-bond donors (Lipinski definition) is 1. The van der Waals surface area contributed by atoms with Gasteiger partial charge in [0.1, 0.15) is 0 Å². The maximum atomic E-state index is 13.8. The second-order valence-electron chi connectivity index (χ2n) is 7.39. The predicted molar refractivity (Wildman–Crippen MR) is 108 cm³/mol. The van der Waals surface area contributed by atoms with Crippen molar-refractivity contribution in [1.82, 2.24) is 15.3 Å². The molecule has 8 heteroatoms. The van der Waals surface area contributed by atoms with Crippen LogP contribution in [-0.2, 0) is 0 Å². The van der Waals surface area contributed by atoms with Gasteiger partial charge in [-0.05, 0) is 0 Å². The average Bonchev–Trinajstić information content (AvgIpc) is 2.64. The van der Waals surface area contributed by atoms with Crippen LogP contribution in [-0.4, -0.2) is 51.8 Å². The summed E-state index contributed by atoms with van der Waals surface area (Å²) < 4.78 is 28.3. The first kappa shape index (κ1) is 20.7. The number of benzene rings is 1. The van der Waals surface area contributed by atoms with Gasteiger partial charge in [-0.2, -0.15) is 0 Å². The van der Waals surface area contributed by atoms with Crippen LogP contribution in [0.25, 0.3) is 0 Å². The number of rotatable bonds is 5. The van der Waals surface area contributed by atoms with E-state index in [9.17, 15) is 13.6 Å². The molecule has 1 aliphatic carbocycles. The molecule has 1 N–H and O–H groups in total. The summed E-state index contributed by atoms with van der Waals surface area (Å²) in [7, 11) is 3.97. The number of anilines is 1. The van der Waals surface area contributed by atoms with Gasteiger partial charge in [0.15, 0.2) is 0 Å². The molecule has 1 saturated carbocycles. The molecule has 1 atom stereocenters. The molecule has 1 heterocycles. The zero-order valence-corrected chi connectivity index (χ0v) is 18.4. The Hall–Kier alpha value is -2.01. The van der Waals surface area contributed by atoms with Crippen molar-refractivity contribution in [2.45, 2.75) is 43.4 Å². The van der Waals surface area contributed by atoms with E-state index in [1.54, 1.807) is 0 Å². The number of nitrogens with one attached hydrogen (secondary N) is 1. The van der Waals surface area contributed by atoms with Gasteiger partial charge >= 0.3 is 170 Å². The minimum atomic E-state index is -0.828. The Kier molecular flexibility index (Phi) is 6.65. The fourth-order valence-electron chi connectivity index (χ4n) is 3.46. The van der Waals surface area contributed by atoms with Gasteiger partial charge in [-0.3, -0.25) is 0 Å². The number of hydrogen-bond acceptors (Lipinski definition) is 4. The van der Waals surface area contributed by atoms with E-state index in [1.807, 2.05) is 32.1 Å². The van der Waals surface area contributed by atoms with Crippen molar-refractivity contribution in [3.8, 4) is 0 Å². The third-order valence-corrected chi connectivity index (χ3v) is 8.05. The Morgan fingerprint density at radius 2 is 1.93 bits per heavy atom. The second-order valence-corrected chi connectivity index (χ2v) is 10.6. The van der Waals surface area contributed by atoms with Crippen molar-refractivity contribution in [2.75, 3.05) is 19.0 Å². The Labute approximate surface area is 170 Å². The molecule has 1 unspecified atom stereocenters. The van der Waals surface area contributed by atoms with Crippen molar-refractivity contribution in [3.05, 3.63) is 47.2 Å². The summed E-state index contributed by atoms with van der Waals surface area (Å²) in [5.41, 5.74) is 0.959. The monoisotopic (exact) mass is 450 g/mol. The molecule has 5 nitrogen and oxygen atoms in total. The van der Waals surface area contributed by atoms with Crippen LogP contribution >= 0.6 is 0 Å². The van der Waals surface area contributed by atoms with Crippen LogP contribution in [0.4, 0.5) is 14.6 Å². The summed E-state index contributed by atoms with van der Waals surface area (Å²) in [5.74, 6) is -1.02. The molecule has 0 aliphatic heterocycles. The molecule has 28 heavy (non-hydrogen) atoms. The fraction of sp³-hybridized carbons (Fsp3) is 0.450. The molecule has 3 rings (SSSR count). The molecule has 0 bridgehead atoms. The molecule has 1 aromatic heterocycles. The van der Waals surface area contributed by atoms with Gasteiger partial charge in [0, 0.05) is 0 Å². The number of nitrogens with zero attached hydrogens (tertiary/aromatic N) is 3. The number of halogens is 2. The normalized spacial score (nSPS) is 19.8. The van der Waals surface area contributed by atoms with E-state index in [1.165, 1.54) is 6.07 Å². The SMILES string of the molecule is Cc1cnc([AsH]C2CCC(NC(=O)c3ccc(F)cc3F)CC2)nc1N(C)C. The number of carbonyl (C=O) groups excluding carboxylic acids is 1. The fourth-order valence-corrected chi connectivity index (χ4v) is 6.18. The van der Waals surface area contributed by atoms with Gasteiger partial charge in [-0.25, -0.2) is 0 Å². The van der Waals surface area contributed by atoms with Crippen LogP contribution in [0.1, 0.15) is 41.6 Å². The summed E-state index contributed by atoms with van der Waals surface area (Å²) >= 11 is -0.460. The summed E-state index contributed by atoms with van der Waals surface area (Å²) in [6, 6.07) is 3.05. The van der Waals surface area contributed by atoms with Crippen LogP contribution in [0.3, 0.4) is 0 Å². The van der Waals surface area contributed by atoms with Crippen molar-refractivity contribution in [3.63, 3.8) is 0 Å². The van der Waals surface area contributed by atoms with Crippen LogP contribution in [0.2, 0.25) is 4.71 Å². The van der Waals surface area contributed by atoms with Gasteiger partial charge in [0.25, 0.3) is 0 Å². The summed E-state index contributed by atoms with van der Waals surface area (Å²) in [6.07, 6.45) is 5.62. The molecule has 1 aromatic carbocycles. The molecular weight excluding hydrogens is 425 g/mol. The first-order chi connectivity index (χ1) is 13.3. The molecule has 0 saturated heterocycles. The Morgan fingerprint density at radius 3 is 2.57 bits per heavy atom. The summed E-state index contributed by atoms with van der Waals surface area (Å²) in [5, 5.41) is 2.89. The third-order valence-electron chi connectivity index (χ3n) is 4.94. The summed E-state index contributed by atoms with van der Waals surface area (Å²) in [4.78, 5) is 23.5. The summed E-state index contributed by atoms with van der Waals surface area (Å²) in [6.45, 7) is 2.01. The van der Waals surface area contributed by atoms with Crippen molar-refractivity contribution < 1.29 is 13.6 Å². The van der Waals surface area contributed by atoms with Gasteiger partial charge in [0.05, 0.1) is 0 Å². The number of aromatic nitrogens is 2. The number of amides is 1. The van der Waals surface area contributed by atoms with Crippen LogP contribution in [0.15, 0.2) is 24.4 Å². The Morgan fingerprint density at radius 1 is 1.21 bits per heavy atom. The van der Waals surface area contributed by atoms with Gasteiger partial charge < -0.3 is 0 Å². The van der Waals surface area contributed by atoms with Crippen molar-refractivity contribution in [1.29, 1.82) is 0 Å². The van der Waals surface area contributed by atoms with Gasteiger partial charge in [0.2, 0.25) is 0 Å². The Bertz CT molecular complexity index is 854. The van der Waals surface area contributed by atoms with E-state index in [0.717, 1.165) is 53.8 Å². The molecular formula is C20H25AsF2N4O. The van der Waals surface area contributed by atoms with E-state index in [2.05, 4.69) is 10.3 Å². The standard InChI is InChI=1S/C20H25AsF2N4O/c1-12-11-24-20(26-18(12)27(2)3)21-13-4-7-15(8-5-13)25-19(28)16-9-6-14(22)10-17(16)23/h6,9-11,13,15,21H,4-5,7-8H2,1-3H3,(H,25,28). The van der Waals surface area contributed by atoms with Gasteiger partial charge in [-0.1, -0.05) is 0 Å². The van der Waals surface area contributed by atoms with Crippen LogP contribution < -0.4 is 14.8 Å². The molecule has 2 aromatic rings. The first-order valence-electron chi connectivity index (χ1n) is 9.37. The molecule has 1 aliphatic rings. The van der Waals surface area contributed by atoms with E-state index in [4.69, 9.17) is 4.98 Å². The predicted octanol–water partition coefficient (Wildman–Crippen LogP) is 2.35. The van der Waals surface area contributed by atoms with Crippen LogP contribution in [0, 0.1) is 18.6 Å².